The molecule has 0 aliphatic heterocycles. The molecule has 0 spiro atoms. The van der Waals surface area contributed by atoms with Crippen LogP contribution in [0.1, 0.15) is 29.5 Å². The summed E-state index contributed by atoms with van der Waals surface area (Å²) in [6, 6.07) is 8.24. The molecule has 2 atom stereocenters. The molecule has 2 unspecified atom stereocenters. The number of hydrogen-bond donors (Lipinski definition) is 0. The Bertz CT molecular complexity index is 930. The molecule has 0 N–H and O–H groups in total. The van der Waals surface area contributed by atoms with Crippen molar-refractivity contribution in [3.8, 4) is 23.8 Å². The number of hydrogen-bond acceptors (Lipinski definition) is 5. The Kier molecular flexibility index (Phi) is 8.72. The lowest BCUT2D eigenvalue weighted by Crippen LogP contribution is -2.20. The summed E-state index contributed by atoms with van der Waals surface area (Å²) in [7, 11) is 0. The number of ether oxygens (including phenoxy) is 2. The lowest BCUT2D eigenvalue weighted by atomic mass is 9.85. The third kappa shape index (κ3) is 5.76. The first-order valence-corrected chi connectivity index (χ1v) is 9.64. The van der Waals surface area contributed by atoms with Crippen molar-refractivity contribution >= 4 is 29.5 Å². The fourth-order valence-corrected chi connectivity index (χ4v) is 3.63. The van der Waals surface area contributed by atoms with Gasteiger partial charge in [-0.15, -0.1) is 6.42 Å². The molecule has 0 heterocycles. The Balaban J connectivity index is 2.44. The highest BCUT2D eigenvalue weighted by atomic mass is 35.5. The molecular weight excluding hydrogens is 429 g/mol. The smallest absolute Gasteiger partial charge is 0.245 e. The monoisotopic (exact) mass is 447 g/mol. The van der Waals surface area contributed by atoms with Crippen LogP contribution >= 0.6 is 23.2 Å². The van der Waals surface area contributed by atoms with Crippen molar-refractivity contribution < 1.29 is 19.2 Å². The number of aldehydes is 1. The highest BCUT2D eigenvalue weighted by molar-refractivity contribution is 6.37. The van der Waals surface area contributed by atoms with Gasteiger partial charge in [-0.3, -0.25) is 10.1 Å². The predicted molar refractivity (Wildman–Crippen MR) is 116 cm³/mol. The minimum Gasteiger partial charge on any atom is -0.486 e. The normalized spacial score (nSPS) is 12.3. The second-order valence-corrected chi connectivity index (χ2v) is 7.03. The van der Waals surface area contributed by atoms with E-state index in [4.69, 9.17) is 39.1 Å². The maximum absolute atomic E-state index is 12.0. The van der Waals surface area contributed by atoms with Gasteiger partial charge >= 0.3 is 0 Å². The molecule has 2 aromatic carbocycles. The zero-order chi connectivity index (χ0) is 22.1. The molecule has 0 aliphatic carbocycles. The van der Waals surface area contributed by atoms with E-state index in [1.54, 1.807) is 24.3 Å². The molecule has 0 bridgehead atoms. The van der Waals surface area contributed by atoms with Crippen molar-refractivity contribution in [3.05, 3.63) is 80.3 Å². The van der Waals surface area contributed by atoms with Crippen molar-refractivity contribution in [1.29, 1.82) is 0 Å². The number of rotatable bonds is 11. The molecule has 0 aliphatic rings. The average Bonchev–Trinajstić information content (AvgIpc) is 2.71. The van der Waals surface area contributed by atoms with Gasteiger partial charge in [0.25, 0.3) is 0 Å². The molecule has 30 heavy (non-hydrogen) atoms. The van der Waals surface area contributed by atoms with Crippen LogP contribution < -0.4 is 9.47 Å². The topological polar surface area (TPSA) is 78.7 Å². The molecule has 0 saturated heterocycles. The molecule has 6 nitrogen and oxygen atoms in total. The second kappa shape index (κ2) is 11.2. The lowest BCUT2D eigenvalue weighted by molar-refractivity contribution is -0.533. The van der Waals surface area contributed by atoms with Crippen molar-refractivity contribution in [2.24, 2.45) is 0 Å². The Labute approximate surface area is 184 Å². The van der Waals surface area contributed by atoms with Gasteiger partial charge in [-0.1, -0.05) is 53.9 Å². The van der Waals surface area contributed by atoms with E-state index in [0.29, 0.717) is 17.6 Å². The predicted octanol–water partition coefficient (Wildman–Crippen LogP) is 5.26. The maximum Gasteiger partial charge on any atom is 0.245 e. The number of carbonyl (C=O) groups excluding carboxylic acids is 1. The minimum absolute atomic E-state index is 0.0693. The summed E-state index contributed by atoms with van der Waals surface area (Å²) < 4.78 is 10.7. The molecular formula is C22H19Cl2NO5. The average molecular weight is 448 g/mol. The van der Waals surface area contributed by atoms with Crippen LogP contribution in [0, 0.1) is 22.5 Å². The summed E-state index contributed by atoms with van der Waals surface area (Å²) in [5.41, 5.74) is 0.858. The SMILES string of the molecule is C#CCOc1ccc(C(CC=O)C(c2cc(Cl)c(OCC=C)c(Cl)c2)[N+](=O)[O-])cc1. The van der Waals surface area contributed by atoms with Gasteiger partial charge in [0.1, 0.15) is 25.2 Å². The Hall–Kier alpha value is -3.01. The zero-order valence-electron chi connectivity index (χ0n) is 15.9. The van der Waals surface area contributed by atoms with Gasteiger partial charge in [-0.2, -0.15) is 0 Å². The van der Waals surface area contributed by atoms with Gasteiger partial charge in [0.15, 0.2) is 5.75 Å². The first-order valence-electron chi connectivity index (χ1n) is 8.88. The zero-order valence-corrected chi connectivity index (χ0v) is 17.4. The second-order valence-electron chi connectivity index (χ2n) is 6.21. The standard InChI is InChI=1S/C22H19Cl2NO5/c1-3-11-29-17-7-5-15(6-8-17)18(9-10-26)21(25(27)28)16-13-19(23)22(20(24)14-16)30-12-4-2/h1,4-8,10,13-14,18,21H,2,9,11-12H2. The van der Waals surface area contributed by atoms with Crippen molar-refractivity contribution in [2.45, 2.75) is 18.4 Å². The van der Waals surface area contributed by atoms with Crippen LogP contribution in [0.5, 0.6) is 11.5 Å². The van der Waals surface area contributed by atoms with E-state index in [0.717, 1.165) is 0 Å². The highest BCUT2D eigenvalue weighted by Crippen LogP contribution is 2.41. The quantitative estimate of drug-likeness (QED) is 0.154. The summed E-state index contributed by atoms with van der Waals surface area (Å²) in [6.45, 7) is 3.83. The van der Waals surface area contributed by atoms with Crippen LogP contribution in [0.25, 0.3) is 0 Å². The molecule has 0 saturated carbocycles. The van der Waals surface area contributed by atoms with Crippen LogP contribution in [0.2, 0.25) is 10.0 Å². The lowest BCUT2D eigenvalue weighted by Gasteiger charge is -2.21. The van der Waals surface area contributed by atoms with E-state index >= 15 is 0 Å². The van der Waals surface area contributed by atoms with Crippen LogP contribution in [0.3, 0.4) is 0 Å². The van der Waals surface area contributed by atoms with Gasteiger partial charge in [-0.25, -0.2) is 0 Å². The number of terminal acetylenes is 1. The summed E-state index contributed by atoms with van der Waals surface area (Å²) in [6.07, 6.45) is 7.27. The first kappa shape index (κ1) is 23.3. The molecule has 8 heteroatoms. The minimum atomic E-state index is -1.25. The number of nitrogens with zero attached hydrogens (tertiary/aromatic N) is 1. The Morgan fingerprint density at radius 1 is 1.17 bits per heavy atom. The Morgan fingerprint density at radius 2 is 1.80 bits per heavy atom. The van der Waals surface area contributed by atoms with Gasteiger partial charge < -0.3 is 14.3 Å². The van der Waals surface area contributed by atoms with Crippen LogP contribution in [0.15, 0.2) is 49.1 Å². The van der Waals surface area contributed by atoms with Gasteiger partial charge in [-0.05, 0) is 29.8 Å². The molecule has 2 rings (SSSR count). The van der Waals surface area contributed by atoms with Crippen LogP contribution in [0.4, 0.5) is 0 Å². The highest BCUT2D eigenvalue weighted by Gasteiger charge is 2.35. The van der Waals surface area contributed by atoms with E-state index in [9.17, 15) is 14.9 Å². The van der Waals surface area contributed by atoms with Crippen molar-refractivity contribution in [1.82, 2.24) is 0 Å². The fourth-order valence-electron chi connectivity index (χ4n) is 3.02. The van der Waals surface area contributed by atoms with Crippen molar-refractivity contribution in [2.75, 3.05) is 13.2 Å². The summed E-state index contributed by atoms with van der Waals surface area (Å²) in [5, 5.41) is 12.3. The number of nitro groups is 1. The molecule has 2 aromatic rings. The van der Waals surface area contributed by atoms with E-state index < -0.39 is 16.9 Å². The van der Waals surface area contributed by atoms with E-state index in [-0.39, 0.29) is 41.0 Å². The molecule has 0 radical (unpaired) electrons. The van der Waals surface area contributed by atoms with Crippen molar-refractivity contribution in [3.63, 3.8) is 0 Å². The van der Waals surface area contributed by atoms with E-state index in [2.05, 4.69) is 12.5 Å². The molecule has 0 amide bonds. The summed E-state index contributed by atoms with van der Waals surface area (Å²) in [4.78, 5) is 22.8. The third-order valence-corrected chi connectivity index (χ3v) is 4.86. The molecule has 0 aromatic heterocycles. The van der Waals surface area contributed by atoms with E-state index in [1.165, 1.54) is 18.2 Å². The Morgan fingerprint density at radius 3 is 2.30 bits per heavy atom. The molecule has 156 valence electrons. The van der Waals surface area contributed by atoms with Gasteiger partial charge in [0.2, 0.25) is 6.04 Å². The summed E-state index contributed by atoms with van der Waals surface area (Å²) in [5.74, 6) is 2.35. The fraction of sp³-hybridized carbons (Fsp3) is 0.227. The van der Waals surface area contributed by atoms with Gasteiger partial charge in [0, 0.05) is 16.9 Å². The van der Waals surface area contributed by atoms with Crippen LogP contribution in [-0.2, 0) is 4.79 Å². The largest absolute Gasteiger partial charge is 0.486 e. The van der Waals surface area contributed by atoms with Gasteiger partial charge in [0.05, 0.1) is 16.0 Å². The molecule has 0 fully saturated rings. The number of benzene rings is 2. The number of carbonyl (C=O) groups is 1. The first-order chi connectivity index (χ1) is 14.4. The van der Waals surface area contributed by atoms with E-state index in [1.807, 2.05) is 0 Å². The third-order valence-electron chi connectivity index (χ3n) is 4.30. The maximum atomic E-state index is 12.0. The number of halogens is 2. The van der Waals surface area contributed by atoms with Crippen LogP contribution in [-0.4, -0.2) is 24.4 Å². The summed E-state index contributed by atoms with van der Waals surface area (Å²) >= 11 is 12.5.